The fourth-order valence-corrected chi connectivity index (χ4v) is 2.42. The molecular weight excluding hydrogens is 146 g/mol. The maximum atomic E-state index is 8.78. The van der Waals surface area contributed by atoms with E-state index in [2.05, 4.69) is 6.07 Å². The van der Waals surface area contributed by atoms with Crippen molar-refractivity contribution in [2.24, 2.45) is 5.92 Å². The van der Waals surface area contributed by atoms with Crippen LogP contribution in [0.15, 0.2) is 11.1 Å². The van der Waals surface area contributed by atoms with Gasteiger partial charge in [0.2, 0.25) is 0 Å². The van der Waals surface area contributed by atoms with Gasteiger partial charge in [0.1, 0.15) is 0 Å². The molecule has 0 aromatic rings. The summed E-state index contributed by atoms with van der Waals surface area (Å²) in [5.74, 6) is 0.794. The fourth-order valence-electron chi connectivity index (χ4n) is 2.42. The van der Waals surface area contributed by atoms with Crippen LogP contribution in [0.4, 0.5) is 0 Å². The Labute approximate surface area is 74.1 Å². The molecule has 0 spiro atoms. The predicted octanol–water partition coefficient (Wildman–Crippen LogP) is 3.18. The number of hydrogen-bond acceptors (Lipinski definition) is 1. The van der Waals surface area contributed by atoms with Gasteiger partial charge in [0.15, 0.2) is 0 Å². The predicted molar refractivity (Wildman–Crippen MR) is 48.4 cm³/mol. The Morgan fingerprint density at radius 2 is 1.83 bits per heavy atom. The molecule has 0 aromatic heterocycles. The van der Waals surface area contributed by atoms with E-state index >= 15 is 0 Å². The van der Waals surface area contributed by atoms with Gasteiger partial charge in [-0.3, -0.25) is 0 Å². The Bertz CT molecular complexity index is 238. The summed E-state index contributed by atoms with van der Waals surface area (Å²) < 4.78 is 0. The van der Waals surface area contributed by atoms with Gasteiger partial charge >= 0.3 is 0 Å². The van der Waals surface area contributed by atoms with Crippen molar-refractivity contribution in [3.8, 4) is 6.07 Å². The van der Waals surface area contributed by atoms with Crippen LogP contribution in [0.1, 0.15) is 44.9 Å². The van der Waals surface area contributed by atoms with Crippen molar-refractivity contribution in [1.29, 1.82) is 5.26 Å². The van der Waals surface area contributed by atoms with Crippen LogP contribution in [0.5, 0.6) is 0 Å². The lowest BCUT2D eigenvalue weighted by atomic mass is 9.74. The normalized spacial score (nSPS) is 24.9. The first-order chi connectivity index (χ1) is 5.92. The van der Waals surface area contributed by atoms with Crippen molar-refractivity contribution in [3.05, 3.63) is 11.1 Å². The highest BCUT2D eigenvalue weighted by atomic mass is 14.3. The number of rotatable bonds is 1. The standard InChI is InChI=1S/C11H15N/c12-8-10-6-7-11(10)9-4-2-1-3-5-9/h9H,1-7H2. The SMILES string of the molecule is N#CC1=C(C2CCCCC2)CC1. The Morgan fingerprint density at radius 3 is 2.33 bits per heavy atom. The molecule has 2 aliphatic carbocycles. The van der Waals surface area contributed by atoms with Crippen molar-refractivity contribution >= 4 is 0 Å². The summed E-state index contributed by atoms with van der Waals surface area (Å²) in [7, 11) is 0. The minimum absolute atomic E-state index is 0.794. The molecule has 1 nitrogen and oxygen atoms in total. The molecule has 0 saturated heterocycles. The van der Waals surface area contributed by atoms with Gasteiger partial charge in [-0.2, -0.15) is 5.26 Å². The number of nitrogens with zero attached hydrogens (tertiary/aromatic N) is 1. The molecule has 0 unspecified atom stereocenters. The topological polar surface area (TPSA) is 23.8 Å². The summed E-state index contributed by atoms with van der Waals surface area (Å²) in [6, 6.07) is 2.33. The molecule has 12 heavy (non-hydrogen) atoms. The van der Waals surface area contributed by atoms with Gasteiger partial charge in [0, 0.05) is 5.57 Å². The Hall–Kier alpha value is -0.770. The molecule has 0 N–H and O–H groups in total. The van der Waals surface area contributed by atoms with Gasteiger partial charge in [0.05, 0.1) is 6.07 Å². The molecule has 0 heterocycles. The van der Waals surface area contributed by atoms with E-state index in [4.69, 9.17) is 5.26 Å². The molecule has 2 rings (SSSR count). The van der Waals surface area contributed by atoms with Crippen LogP contribution in [0.2, 0.25) is 0 Å². The van der Waals surface area contributed by atoms with Crippen molar-refractivity contribution in [3.63, 3.8) is 0 Å². The van der Waals surface area contributed by atoms with Crippen LogP contribution in [-0.4, -0.2) is 0 Å². The van der Waals surface area contributed by atoms with E-state index in [1.54, 1.807) is 0 Å². The maximum Gasteiger partial charge on any atom is 0.0946 e. The third kappa shape index (κ3) is 1.27. The highest BCUT2D eigenvalue weighted by Gasteiger charge is 2.25. The van der Waals surface area contributed by atoms with Crippen molar-refractivity contribution in [2.45, 2.75) is 44.9 Å². The molecule has 2 aliphatic rings. The van der Waals surface area contributed by atoms with E-state index in [1.807, 2.05) is 0 Å². The Balaban J connectivity index is 2.05. The first-order valence-electron chi connectivity index (χ1n) is 5.04. The molecule has 0 aromatic carbocycles. The lowest BCUT2D eigenvalue weighted by Gasteiger charge is -2.30. The molecule has 0 aliphatic heterocycles. The quantitative estimate of drug-likeness (QED) is 0.579. The Morgan fingerprint density at radius 1 is 1.08 bits per heavy atom. The van der Waals surface area contributed by atoms with Crippen LogP contribution >= 0.6 is 0 Å². The maximum absolute atomic E-state index is 8.78. The zero-order chi connectivity index (χ0) is 8.39. The van der Waals surface area contributed by atoms with E-state index in [9.17, 15) is 0 Å². The summed E-state index contributed by atoms with van der Waals surface area (Å²) in [6.07, 6.45) is 9.14. The third-order valence-electron chi connectivity index (χ3n) is 3.26. The molecule has 1 fully saturated rings. The van der Waals surface area contributed by atoms with E-state index in [-0.39, 0.29) is 0 Å². The van der Waals surface area contributed by atoms with Crippen molar-refractivity contribution in [1.82, 2.24) is 0 Å². The molecule has 0 amide bonds. The lowest BCUT2D eigenvalue weighted by molar-refractivity contribution is 0.383. The first-order valence-corrected chi connectivity index (χ1v) is 5.04. The molecule has 1 heteroatoms. The minimum atomic E-state index is 0.794. The van der Waals surface area contributed by atoms with E-state index in [1.165, 1.54) is 44.1 Å². The van der Waals surface area contributed by atoms with Crippen molar-refractivity contribution in [2.75, 3.05) is 0 Å². The van der Waals surface area contributed by atoms with Crippen LogP contribution < -0.4 is 0 Å². The van der Waals surface area contributed by atoms with Gasteiger partial charge in [-0.05, 0) is 31.6 Å². The molecule has 0 atom stereocenters. The van der Waals surface area contributed by atoms with Crippen LogP contribution in [0, 0.1) is 17.2 Å². The summed E-state index contributed by atoms with van der Waals surface area (Å²) in [6.45, 7) is 0. The molecule has 64 valence electrons. The minimum Gasteiger partial charge on any atom is -0.193 e. The molecule has 0 radical (unpaired) electrons. The zero-order valence-electron chi connectivity index (χ0n) is 7.47. The Kier molecular flexibility index (Phi) is 2.17. The highest BCUT2D eigenvalue weighted by molar-refractivity contribution is 5.37. The average molecular weight is 161 g/mol. The van der Waals surface area contributed by atoms with Crippen LogP contribution in [0.3, 0.4) is 0 Å². The summed E-state index contributed by atoms with van der Waals surface area (Å²) >= 11 is 0. The van der Waals surface area contributed by atoms with Gasteiger partial charge < -0.3 is 0 Å². The molecule has 0 bridgehead atoms. The highest BCUT2D eigenvalue weighted by Crippen LogP contribution is 2.40. The first kappa shape index (κ1) is 7.86. The second-order valence-electron chi connectivity index (χ2n) is 3.95. The van der Waals surface area contributed by atoms with E-state index in [0.717, 1.165) is 17.9 Å². The average Bonchev–Trinajstić information content (AvgIpc) is 2.05. The van der Waals surface area contributed by atoms with Gasteiger partial charge in [-0.15, -0.1) is 0 Å². The summed E-state index contributed by atoms with van der Waals surface area (Å²) in [4.78, 5) is 0. The van der Waals surface area contributed by atoms with Gasteiger partial charge in [-0.1, -0.05) is 24.8 Å². The molecular formula is C11H15N. The van der Waals surface area contributed by atoms with Gasteiger partial charge in [-0.25, -0.2) is 0 Å². The number of allylic oxidation sites excluding steroid dienone is 2. The van der Waals surface area contributed by atoms with E-state index in [0.29, 0.717) is 0 Å². The van der Waals surface area contributed by atoms with Gasteiger partial charge in [0.25, 0.3) is 0 Å². The zero-order valence-corrected chi connectivity index (χ0v) is 7.47. The second kappa shape index (κ2) is 3.31. The van der Waals surface area contributed by atoms with E-state index < -0.39 is 0 Å². The van der Waals surface area contributed by atoms with Crippen LogP contribution in [-0.2, 0) is 0 Å². The second-order valence-corrected chi connectivity index (χ2v) is 3.95. The fraction of sp³-hybridized carbons (Fsp3) is 0.727. The third-order valence-corrected chi connectivity index (χ3v) is 3.26. The van der Waals surface area contributed by atoms with Crippen LogP contribution in [0.25, 0.3) is 0 Å². The summed E-state index contributed by atoms with van der Waals surface area (Å²) in [5.41, 5.74) is 2.62. The molecule has 1 saturated carbocycles. The lowest BCUT2D eigenvalue weighted by Crippen LogP contribution is -2.16. The summed E-state index contributed by atoms with van der Waals surface area (Å²) in [5, 5.41) is 8.78. The monoisotopic (exact) mass is 161 g/mol. The largest absolute Gasteiger partial charge is 0.193 e. The smallest absolute Gasteiger partial charge is 0.0946 e. The number of nitriles is 1. The van der Waals surface area contributed by atoms with Crippen molar-refractivity contribution < 1.29 is 0 Å². The number of hydrogen-bond donors (Lipinski definition) is 0.